The number of carbonyl (C=O) groups is 1. The quantitative estimate of drug-likeness (QED) is 0.741. The number of halogens is 1. The molecule has 0 aliphatic heterocycles. The third-order valence-corrected chi connectivity index (χ3v) is 2.00. The third kappa shape index (κ3) is 2.23. The van der Waals surface area contributed by atoms with Crippen LogP contribution in [-0.4, -0.2) is 18.1 Å². The summed E-state index contributed by atoms with van der Waals surface area (Å²) in [6, 6.07) is 4.41. The van der Waals surface area contributed by atoms with E-state index >= 15 is 0 Å². The molecule has 0 saturated heterocycles. The minimum atomic E-state index is -1.20. The number of carbonyl (C=O) groups excluding carboxylic acids is 1. The lowest BCUT2D eigenvalue weighted by atomic mass is 10.1. The van der Waals surface area contributed by atoms with Crippen molar-refractivity contribution < 1.29 is 14.6 Å². The molecular formula is C9H10ClNO3. The molecule has 0 radical (unpaired) electrons. The van der Waals surface area contributed by atoms with Crippen molar-refractivity contribution in [2.75, 3.05) is 7.11 Å². The normalized spacial score (nSPS) is 12.5. The Morgan fingerprint density at radius 3 is 2.79 bits per heavy atom. The van der Waals surface area contributed by atoms with Crippen molar-refractivity contribution in [2.45, 2.75) is 6.29 Å². The summed E-state index contributed by atoms with van der Waals surface area (Å²) in [5.74, 6) is -0.632. The van der Waals surface area contributed by atoms with E-state index in [1.54, 1.807) is 0 Å². The molecule has 1 amide bonds. The fourth-order valence-electron chi connectivity index (χ4n) is 1.09. The lowest BCUT2D eigenvalue weighted by molar-refractivity contribution is -0.0772. The highest BCUT2D eigenvalue weighted by Gasteiger charge is 2.15. The molecule has 5 heteroatoms. The van der Waals surface area contributed by atoms with Gasteiger partial charge in [0.25, 0.3) is 0 Å². The predicted molar refractivity (Wildman–Crippen MR) is 51.9 cm³/mol. The second-order valence-corrected chi connectivity index (χ2v) is 3.12. The van der Waals surface area contributed by atoms with E-state index in [1.807, 2.05) is 0 Å². The van der Waals surface area contributed by atoms with Gasteiger partial charge in [0.1, 0.15) is 0 Å². The zero-order valence-corrected chi connectivity index (χ0v) is 8.28. The summed E-state index contributed by atoms with van der Waals surface area (Å²) >= 11 is 5.70. The summed E-state index contributed by atoms with van der Waals surface area (Å²) in [5, 5.41) is 9.80. The van der Waals surface area contributed by atoms with Crippen molar-refractivity contribution in [3.8, 4) is 0 Å². The first-order valence-electron chi connectivity index (χ1n) is 3.86. The fraction of sp³-hybridized carbons (Fsp3) is 0.222. The van der Waals surface area contributed by atoms with Crippen LogP contribution in [0.15, 0.2) is 18.2 Å². The van der Waals surface area contributed by atoms with Crippen LogP contribution in [0.3, 0.4) is 0 Å². The van der Waals surface area contributed by atoms with E-state index in [1.165, 1.54) is 25.3 Å². The van der Waals surface area contributed by atoms with Gasteiger partial charge in [-0.25, -0.2) is 0 Å². The number of rotatable bonds is 3. The number of hydrogen-bond acceptors (Lipinski definition) is 3. The topological polar surface area (TPSA) is 72.6 Å². The van der Waals surface area contributed by atoms with Crippen LogP contribution in [0, 0.1) is 0 Å². The standard InChI is InChI=1S/C9H10ClNO3/c1-14-9(13)7-4-5(10)2-3-6(7)8(11)12/h2-4,9,13H,1H3,(H2,11,12). The van der Waals surface area contributed by atoms with Crippen LogP contribution in [0.2, 0.25) is 5.02 Å². The largest absolute Gasteiger partial charge is 0.366 e. The Labute approximate surface area is 86.2 Å². The van der Waals surface area contributed by atoms with Crippen LogP contribution in [0.5, 0.6) is 0 Å². The number of hydrogen-bond donors (Lipinski definition) is 2. The Bertz CT molecular complexity index is 354. The molecule has 0 spiro atoms. The van der Waals surface area contributed by atoms with Crippen LogP contribution < -0.4 is 5.73 Å². The number of benzene rings is 1. The molecule has 1 aromatic carbocycles. The molecule has 0 saturated carbocycles. The minimum Gasteiger partial charge on any atom is -0.366 e. The van der Waals surface area contributed by atoms with Crippen LogP contribution in [0.4, 0.5) is 0 Å². The third-order valence-electron chi connectivity index (χ3n) is 1.77. The molecule has 1 rings (SSSR count). The average molecular weight is 216 g/mol. The number of nitrogens with two attached hydrogens (primary N) is 1. The summed E-state index contributed by atoms with van der Waals surface area (Å²) in [7, 11) is 1.32. The van der Waals surface area contributed by atoms with E-state index in [0.717, 1.165) is 0 Å². The van der Waals surface area contributed by atoms with Crippen LogP contribution in [0.1, 0.15) is 22.2 Å². The Hall–Kier alpha value is -1.10. The highest BCUT2D eigenvalue weighted by atomic mass is 35.5. The molecule has 0 fully saturated rings. The molecule has 1 atom stereocenters. The molecule has 0 bridgehead atoms. The monoisotopic (exact) mass is 215 g/mol. The molecule has 76 valence electrons. The minimum absolute atomic E-state index is 0.198. The number of aliphatic hydroxyl groups is 1. The highest BCUT2D eigenvalue weighted by Crippen LogP contribution is 2.22. The molecule has 4 nitrogen and oxygen atoms in total. The highest BCUT2D eigenvalue weighted by molar-refractivity contribution is 6.30. The van der Waals surface area contributed by atoms with Gasteiger partial charge in [0.2, 0.25) is 5.91 Å². The van der Waals surface area contributed by atoms with Gasteiger partial charge in [0, 0.05) is 23.3 Å². The Morgan fingerprint density at radius 1 is 1.64 bits per heavy atom. The van der Waals surface area contributed by atoms with Crippen molar-refractivity contribution in [3.05, 3.63) is 34.3 Å². The number of methoxy groups -OCH3 is 1. The van der Waals surface area contributed by atoms with E-state index in [9.17, 15) is 9.90 Å². The Balaban J connectivity index is 3.22. The average Bonchev–Trinajstić information content (AvgIpc) is 2.16. The molecule has 14 heavy (non-hydrogen) atoms. The zero-order valence-electron chi connectivity index (χ0n) is 7.53. The van der Waals surface area contributed by atoms with Gasteiger partial charge in [0.15, 0.2) is 6.29 Å². The predicted octanol–water partition coefficient (Wildman–Crippen LogP) is 1.08. The van der Waals surface area contributed by atoms with Crippen molar-refractivity contribution >= 4 is 17.5 Å². The van der Waals surface area contributed by atoms with Gasteiger partial charge >= 0.3 is 0 Å². The SMILES string of the molecule is COC(O)c1cc(Cl)ccc1C(N)=O. The molecule has 0 aliphatic rings. The first kappa shape index (κ1) is 11.0. The van der Waals surface area contributed by atoms with Crippen molar-refractivity contribution in [1.29, 1.82) is 0 Å². The van der Waals surface area contributed by atoms with Gasteiger partial charge < -0.3 is 15.6 Å². The van der Waals surface area contributed by atoms with E-state index in [4.69, 9.17) is 17.3 Å². The van der Waals surface area contributed by atoms with Gasteiger partial charge in [-0.15, -0.1) is 0 Å². The van der Waals surface area contributed by atoms with E-state index in [-0.39, 0.29) is 11.1 Å². The lowest BCUT2D eigenvalue weighted by Gasteiger charge is -2.12. The molecule has 1 unspecified atom stereocenters. The first-order chi connectivity index (χ1) is 6.56. The molecule has 0 aliphatic carbocycles. The van der Waals surface area contributed by atoms with Gasteiger partial charge in [-0.1, -0.05) is 11.6 Å². The van der Waals surface area contributed by atoms with Crippen LogP contribution >= 0.6 is 11.6 Å². The number of amides is 1. The smallest absolute Gasteiger partial charge is 0.249 e. The Morgan fingerprint density at radius 2 is 2.29 bits per heavy atom. The van der Waals surface area contributed by atoms with E-state index in [2.05, 4.69) is 4.74 Å². The second kappa shape index (κ2) is 4.41. The maximum absolute atomic E-state index is 11.0. The number of ether oxygens (including phenoxy) is 1. The fourth-order valence-corrected chi connectivity index (χ4v) is 1.27. The van der Waals surface area contributed by atoms with E-state index in [0.29, 0.717) is 5.02 Å². The Kier molecular flexibility index (Phi) is 3.46. The summed E-state index contributed by atoms with van der Waals surface area (Å²) in [6.45, 7) is 0. The first-order valence-corrected chi connectivity index (χ1v) is 4.24. The van der Waals surface area contributed by atoms with Gasteiger partial charge in [0.05, 0.1) is 0 Å². The molecule has 1 aromatic rings. The van der Waals surface area contributed by atoms with E-state index < -0.39 is 12.2 Å². The van der Waals surface area contributed by atoms with Crippen molar-refractivity contribution in [2.24, 2.45) is 5.73 Å². The maximum Gasteiger partial charge on any atom is 0.249 e. The maximum atomic E-state index is 11.0. The second-order valence-electron chi connectivity index (χ2n) is 2.68. The molecule has 3 N–H and O–H groups in total. The molecule has 0 aromatic heterocycles. The number of aliphatic hydroxyl groups excluding tert-OH is 1. The van der Waals surface area contributed by atoms with Crippen LogP contribution in [-0.2, 0) is 4.74 Å². The zero-order chi connectivity index (χ0) is 10.7. The van der Waals surface area contributed by atoms with Crippen molar-refractivity contribution in [1.82, 2.24) is 0 Å². The summed E-state index contributed by atoms with van der Waals surface area (Å²) in [6.07, 6.45) is -1.20. The van der Waals surface area contributed by atoms with Crippen molar-refractivity contribution in [3.63, 3.8) is 0 Å². The summed E-state index contributed by atoms with van der Waals surface area (Å²) in [4.78, 5) is 11.0. The molecule has 0 heterocycles. The lowest BCUT2D eigenvalue weighted by Crippen LogP contribution is -2.16. The number of primary amides is 1. The van der Waals surface area contributed by atoms with Gasteiger partial charge in [-0.2, -0.15) is 0 Å². The van der Waals surface area contributed by atoms with Crippen LogP contribution in [0.25, 0.3) is 0 Å². The summed E-state index contributed by atoms with van der Waals surface area (Å²) < 4.78 is 4.67. The van der Waals surface area contributed by atoms with Gasteiger partial charge in [-0.05, 0) is 18.2 Å². The molecular weight excluding hydrogens is 206 g/mol. The summed E-state index contributed by atoms with van der Waals surface area (Å²) in [5.41, 5.74) is 5.58. The van der Waals surface area contributed by atoms with Gasteiger partial charge in [-0.3, -0.25) is 4.79 Å².